The van der Waals surface area contributed by atoms with E-state index in [9.17, 15) is 17.6 Å². The third-order valence-corrected chi connectivity index (χ3v) is 1.83. The van der Waals surface area contributed by atoms with Crippen LogP contribution in [-0.2, 0) is 12.5 Å². The summed E-state index contributed by atoms with van der Waals surface area (Å²) in [5.74, 6) is 0.109. The third-order valence-electron chi connectivity index (χ3n) is 1.83. The standard InChI is InChI=1S/C8H10F4N2/c1-2-3-6-13-4-5-14(6)8(11,12)7(9)10/h4-5,7H,2-3H2,1H3/p+1. The average Bonchev–Trinajstić information content (AvgIpc) is 2.53. The number of aromatic amines is 1. The van der Waals surface area contributed by atoms with Crippen LogP contribution >= 0.6 is 0 Å². The molecule has 6 heteroatoms. The van der Waals surface area contributed by atoms with Crippen LogP contribution in [0.2, 0.25) is 0 Å². The molecule has 0 aliphatic heterocycles. The van der Waals surface area contributed by atoms with Crippen LogP contribution in [-0.4, -0.2) is 11.4 Å². The van der Waals surface area contributed by atoms with Crippen LogP contribution in [0.1, 0.15) is 19.2 Å². The largest absolute Gasteiger partial charge is 0.459 e. The van der Waals surface area contributed by atoms with Crippen LogP contribution < -0.4 is 4.57 Å². The van der Waals surface area contributed by atoms with Gasteiger partial charge in [0.05, 0.1) is 0 Å². The smallest absolute Gasteiger partial charge is 0.247 e. The molecule has 0 fully saturated rings. The Kier molecular flexibility index (Phi) is 3.13. The molecular formula is C8H11F4N2+. The lowest BCUT2D eigenvalue weighted by Gasteiger charge is -2.12. The first-order valence-electron chi connectivity index (χ1n) is 4.24. The van der Waals surface area contributed by atoms with Gasteiger partial charge in [-0.2, -0.15) is 22.1 Å². The SMILES string of the molecule is CCCc1[nH]cc[n+]1C(F)(F)C(F)F. The van der Waals surface area contributed by atoms with Gasteiger partial charge in [-0.25, -0.2) is 4.98 Å². The Labute approximate surface area is 78.6 Å². The maximum Gasteiger partial charge on any atom is 0.459 e. The van der Waals surface area contributed by atoms with Crippen molar-refractivity contribution in [3.05, 3.63) is 18.2 Å². The van der Waals surface area contributed by atoms with Crippen LogP contribution in [0.3, 0.4) is 0 Å². The number of imidazole rings is 1. The first-order chi connectivity index (χ1) is 6.50. The molecule has 1 rings (SSSR count). The molecule has 0 spiro atoms. The Morgan fingerprint density at radius 3 is 2.64 bits per heavy atom. The van der Waals surface area contributed by atoms with Crippen molar-refractivity contribution in [1.29, 1.82) is 0 Å². The van der Waals surface area contributed by atoms with E-state index in [-0.39, 0.29) is 5.82 Å². The van der Waals surface area contributed by atoms with E-state index in [1.54, 1.807) is 6.92 Å². The topological polar surface area (TPSA) is 19.7 Å². The number of alkyl halides is 4. The molecule has 0 aliphatic carbocycles. The van der Waals surface area contributed by atoms with E-state index in [4.69, 9.17) is 0 Å². The molecule has 0 saturated carbocycles. The second kappa shape index (κ2) is 3.98. The average molecular weight is 211 g/mol. The lowest BCUT2D eigenvalue weighted by atomic mass is 10.3. The highest BCUT2D eigenvalue weighted by Gasteiger charge is 2.49. The zero-order valence-electron chi connectivity index (χ0n) is 7.61. The van der Waals surface area contributed by atoms with Crippen molar-refractivity contribution in [2.75, 3.05) is 0 Å². The number of rotatable bonds is 4. The highest BCUT2D eigenvalue weighted by Crippen LogP contribution is 2.22. The summed E-state index contributed by atoms with van der Waals surface area (Å²) in [6, 6.07) is -4.13. The fourth-order valence-electron chi connectivity index (χ4n) is 1.18. The zero-order valence-corrected chi connectivity index (χ0v) is 7.61. The summed E-state index contributed by atoms with van der Waals surface area (Å²) >= 11 is 0. The van der Waals surface area contributed by atoms with Gasteiger partial charge < -0.3 is 0 Å². The van der Waals surface area contributed by atoms with Crippen LogP contribution in [0.5, 0.6) is 0 Å². The van der Waals surface area contributed by atoms with E-state index in [0.717, 1.165) is 6.20 Å². The molecule has 0 amide bonds. The Hall–Kier alpha value is -1.07. The van der Waals surface area contributed by atoms with Gasteiger partial charge in [0, 0.05) is 6.42 Å². The van der Waals surface area contributed by atoms with Gasteiger partial charge in [0.2, 0.25) is 0 Å². The van der Waals surface area contributed by atoms with Gasteiger partial charge in [0.1, 0.15) is 12.4 Å². The minimum Gasteiger partial charge on any atom is -0.247 e. The second-order valence-corrected chi connectivity index (χ2v) is 2.92. The normalized spacial score (nSPS) is 12.4. The van der Waals surface area contributed by atoms with Crippen LogP contribution in [0.15, 0.2) is 12.4 Å². The van der Waals surface area contributed by atoms with E-state index in [1.165, 1.54) is 6.20 Å². The Bertz CT molecular complexity index is 295. The third kappa shape index (κ3) is 1.88. The molecule has 0 aromatic carbocycles. The molecule has 14 heavy (non-hydrogen) atoms. The summed E-state index contributed by atoms with van der Waals surface area (Å²) in [6.45, 7) is 1.78. The maximum absolute atomic E-state index is 12.9. The van der Waals surface area contributed by atoms with Crippen molar-refractivity contribution in [3.8, 4) is 0 Å². The van der Waals surface area contributed by atoms with E-state index in [1.807, 2.05) is 0 Å². The van der Waals surface area contributed by atoms with Crippen LogP contribution in [0.4, 0.5) is 17.6 Å². The summed E-state index contributed by atoms with van der Waals surface area (Å²) in [5, 5.41) is 0. The molecule has 80 valence electrons. The molecule has 0 aliphatic rings. The fraction of sp³-hybridized carbons (Fsp3) is 0.625. The molecule has 0 atom stereocenters. The quantitative estimate of drug-likeness (QED) is 0.581. The number of aromatic nitrogens is 2. The molecule has 1 N–H and O–H groups in total. The van der Waals surface area contributed by atoms with Crippen LogP contribution in [0.25, 0.3) is 0 Å². The number of hydrogen-bond donors (Lipinski definition) is 1. The molecular weight excluding hydrogens is 200 g/mol. The molecule has 1 aromatic rings. The maximum atomic E-state index is 12.9. The lowest BCUT2D eigenvalue weighted by molar-refractivity contribution is -0.838. The summed E-state index contributed by atoms with van der Waals surface area (Å²) in [7, 11) is 0. The molecule has 1 aromatic heterocycles. The van der Waals surface area contributed by atoms with Crippen molar-refractivity contribution >= 4 is 0 Å². The minimum absolute atomic E-state index is 0.109. The fourth-order valence-corrected chi connectivity index (χ4v) is 1.18. The van der Waals surface area contributed by atoms with Gasteiger partial charge in [0.25, 0.3) is 5.82 Å². The summed E-state index contributed by atoms with van der Waals surface area (Å²) in [5.41, 5.74) is 0. The van der Waals surface area contributed by atoms with E-state index in [0.29, 0.717) is 17.4 Å². The van der Waals surface area contributed by atoms with Crippen molar-refractivity contribution in [2.24, 2.45) is 0 Å². The van der Waals surface area contributed by atoms with Gasteiger partial charge in [0.15, 0.2) is 0 Å². The number of nitrogens with one attached hydrogen (secondary N) is 1. The highest BCUT2D eigenvalue weighted by atomic mass is 19.3. The van der Waals surface area contributed by atoms with E-state index in [2.05, 4.69) is 4.98 Å². The Morgan fingerprint density at radius 2 is 2.14 bits per heavy atom. The monoisotopic (exact) mass is 211 g/mol. The number of hydrogen-bond acceptors (Lipinski definition) is 0. The minimum atomic E-state index is -4.13. The van der Waals surface area contributed by atoms with E-state index >= 15 is 0 Å². The second-order valence-electron chi connectivity index (χ2n) is 2.92. The highest BCUT2D eigenvalue weighted by molar-refractivity contribution is 4.78. The van der Waals surface area contributed by atoms with E-state index < -0.39 is 12.5 Å². The van der Waals surface area contributed by atoms with Gasteiger partial charge in [-0.15, -0.1) is 0 Å². The molecule has 1 heterocycles. The molecule has 0 radical (unpaired) electrons. The predicted molar refractivity (Wildman–Crippen MR) is 41.2 cm³/mol. The number of aryl methyl sites for hydroxylation is 1. The Balaban J connectivity index is 2.99. The predicted octanol–water partition coefficient (Wildman–Crippen LogP) is 2.07. The molecule has 2 nitrogen and oxygen atoms in total. The summed E-state index contributed by atoms with van der Waals surface area (Å²) in [4.78, 5) is 2.52. The van der Waals surface area contributed by atoms with Crippen LogP contribution in [0, 0.1) is 0 Å². The van der Waals surface area contributed by atoms with Gasteiger partial charge in [-0.05, 0) is 6.42 Å². The number of H-pyrrole nitrogens is 1. The zero-order chi connectivity index (χ0) is 10.8. The first-order valence-corrected chi connectivity index (χ1v) is 4.24. The summed E-state index contributed by atoms with van der Waals surface area (Å²) in [6.07, 6.45) is -0.618. The summed E-state index contributed by atoms with van der Waals surface area (Å²) < 4.78 is 50.1. The molecule has 0 unspecified atom stereocenters. The van der Waals surface area contributed by atoms with Gasteiger partial charge in [-0.3, -0.25) is 0 Å². The van der Waals surface area contributed by atoms with Crippen molar-refractivity contribution in [1.82, 2.24) is 4.98 Å². The Morgan fingerprint density at radius 1 is 1.50 bits per heavy atom. The number of nitrogens with zero attached hydrogens (tertiary/aromatic N) is 1. The van der Waals surface area contributed by atoms with Crippen molar-refractivity contribution < 1.29 is 22.1 Å². The first kappa shape index (κ1) is 11.0. The van der Waals surface area contributed by atoms with Crippen molar-refractivity contribution in [2.45, 2.75) is 32.2 Å². The molecule has 0 bridgehead atoms. The number of halogens is 4. The van der Waals surface area contributed by atoms with Gasteiger partial charge >= 0.3 is 12.5 Å². The van der Waals surface area contributed by atoms with Gasteiger partial charge in [-0.1, -0.05) is 6.92 Å². The van der Waals surface area contributed by atoms with Crippen molar-refractivity contribution in [3.63, 3.8) is 0 Å². The lowest BCUT2D eigenvalue weighted by Crippen LogP contribution is -2.56. The molecule has 0 saturated heterocycles.